The van der Waals surface area contributed by atoms with Crippen LogP contribution in [0.4, 0.5) is 11.8 Å². The normalized spacial score (nSPS) is 23.0. The zero-order valence-electron chi connectivity index (χ0n) is 19.6. The van der Waals surface area contributed by atoms with E-state index in [4.69, 9.17) is 15.0 Å². The molecule has 0 spiro atoms. The largest absolute Gasteiger partial charge is 0.396 e. The van der Waals surface area contributed by atoms with Crippen LogP contribution in [-0.4, -0.2) is 39.3 Å². The van der Waals surface area contributed by atoms with Crippen molar-refractivity contribution in [3.8, 4) is 10.6 Å². The van der Waals surface area contributed by atoms with Gasteiger partial charge < -0.3 is 15.7 Å². The Morgan fingerprint density at radius 2 is 1.91 bits per heavy atom. The molecule has 6 nitrogen and oxygen atoms in total. The van der Waals surface area contributed by atoms with Crippen LogP contribution in [-0.2, 0) is 0 Å². The van der Waals surface area contributed by atoms with Crippen LogP contribution in [0.25, 0.3) is 20.8 Å². The second kappa shape index (κ2) is 10.1. The molecule has 4 atom stereocenters. The van der Waals surface area contributed by atoms with E-state index in [0.717, 1.165) is 51.7 Å². The summed E-state index contributed by atoms with van der Waals surface area (Å²) in [6, 6.07) is 8.49. The van der Waals surface area contributed by atoms with Crippen molar-refractivity contribution >= 4 is 33.3 Å². The number of thiazole rings is 1. The summed E-state index contributed by atoms with van der Waals surface area (Å²) in [4.78, 5) is 14.6. The van der Waals surface area contributed by atoms with Gasteiger partial charge in [0.25, 0.3) is 0 Å². The van der Waals surface area contributed by atoms with Crippen LogP contribution in [0, 0.1) is 24.7 Å². The number of fused-ring (bicyclic) bond motifs is 1. The Kier molecular flexibility index (Phi) is 7.26. The number of anilines is 2. The van der Waals surface area contributed by atoms with Gasteiger partial charge in [0.05, 0.1) is 21.5 Å². The predicted molar refractivity (Wildman–Crippen MR) is 134 cm³/mol. The van der Waals surface area contributed by atoms with Gasteiger partial charge in [0.2, 0.25) is 5.95 Å². The van der Waals surface area contributed by atoms with Crippen LogP contribution in [0.1, 0.15) is 52.1 Å². The van der Waals surface area contributed by atoms with Gasteiger partial charge in [-0.05, 0) is 49.7 Å². The number of nitrogens with one attached hydrogen (secondary N) is 2. The maximum absolute atomic E-state index is 9.81. The van der Waals surface area contributed by atoms with Gasteiger partial charge in [-0.2, -0.15) is 4.98 Å². The molecule has 32 heavy (non-hydrogen) atoms. The third-order valence-electron chi connectivity index (χ3n) is 6.98. The van der Waals surface area contributed by atoms with Crippen molar-refractivity contribution in [1.29, 1.82) is 0 Å². The highest BCUT2D eigenvalue weighted by Crippen LogP contribution is 2.41. The Morgan fingerprint density at radius 1 is 1.09 bits per heavy atom. The molecule has 2 aromatic heterocycles. The zero-order chi connectivity index (χ0) is 22.7. The molecule has 0 amide bonds. The molecule has 0 saturated heterocycles. The lowest BCUT2D eigenvalue weighted by molar-refractivity contribution is 0.191. The average molecular weight is 454 g/mol. The molecule has 4 rings (SSSR count). The smallest absolute Gasteiger partial charge is 0.224 e. The monoisotopic (exact) mass is 453 g/mol. The molecular weight excluding hydrogens is 418 g/mol. The minimum atomic E-state index is 0.238. The maximum Gasteiger partial charge on any atom is 0.224 e. The Morgan fingerprint density at radius 3 is 2.62 bits per heavy atom. The Labute approximate surface area is 194 Å². The first-order valence-electron chi connectivity index (χ1n) is 11.9. The van der Waals surface area contributed by atoms with Crippen molar-refractivity contribution in [3.05, 3.63) is 30.0 Å². The van der Waals surface area contributed by atoms with Gasteiger partial charge >= 0.3 is 0 Å². The van der Waals surface area contributed by atoms with E-state index < -0.39 is 0 Å². The zero-order valence-corrected chi connectivity index (χ0v) is 20.4. The highest BCUT2D eigenvalue weighted by atomic mass is 32.1. The Balaban J connectivity index is 1.69. The summed E-state index contributed by atoms with van der Waals surface area (Å²) in [5.41, 5.74) is 2.91. The molecule has 3 aromatic rings. The summed E-state index contributed by atoms with van der Waals surface area (Å²) in [7, 11) is 0. The van der Waals surface area contributed by atoms with Crippen molar-refractivity contribution in [2.45, 2.75) is 59.4 Å². The summed E-state index contributed by atoms with van der Waals surface area (Å²) in [5, 5.41) is 17.9. The molecule has 2 heterocycles. The van der Waals surface area contributed by atoms with Crippen LogP contribution in [0.3, 0.4) is 0 Å². The SMILES string of the molecule is CCCCCNc1nc(C)c(-c2nc3ccccc3s2)c(N[C@@H]2C[C@H](CO)[C@@H](C)[C@H]2C)n1. The summed E-state index contributed by atoms with van der Waals surface area (Å²) < 4.78 is 1.16. The molecule has 0 radical (unpaired) electrons. The number of unbranched alkanes of at least 4 members (excludes halogenated alkanes) is 2. The number of para-hydroxylation sites is 1. The third-order valence-corrected chi connectivity index (χ3v) is 8.04. The van der Waals surface area contributed by atoms with E-state index in [9.17, 15) is 5.11 Å². The highest BCUT2D eigenvalue weighted by Gasteiger charge is 2.38. The topological polar surface area (TPSA) is 83.0 Å². The molecule has 1 fully saturated rings. The second-order valence-electron chi connectivity index (χ2n) is 9.12. The molecule has 3 N–H and O–H groups in total. The van der Waals surface area contributed by atoms with Crippen molar-refractivity contribution in [3.63, 3.8) is 0 Å². The Bertz CT molecular complexity index is 1020. The summed E-state index contributed by atoms with van der Waals surface area (Å²) in [6.07, 6.45) is 4.44. The van der Waals surface area contributed by atoms with Crippen molar-refractivity contribution < 1.29 is 5.11 Å². The lowest BCUT2D eigenvalue weighted by Gasteiger charge is -2.22. The van der Waals surface area contributed by atoms with Crippen LogP contribution in [0.2, 0.25) is 0 Å². The number of nitrogens with zero attached hydrogens (tertiary/aromatic N) is 3. The summed E-state index contributed by atoms with van der Waals surface area (Å²) >= 11 is 1.68. The summed E-state index contributed by atoms with van der Waals surface area (Å²) in [6.45, 7) is 9.88. The number of aliphatic hydroxyl groups is 1. The lowest BCUT2D eigenvalue weighted by Crippen LogP contribution is -2.25. The fourth-order valence-electron chi connectivity index (χ4n) is 4.72. The van der Waals surface area contributed by atoms with E-state index in [0.29, 0.717) is 23.7 Å². The minimum Gasteiger partial charge on any atom is -0.396 e. The van der Waals surface area contributed by atoms with E-state index in [1.165, 1.54) is 12.8 Å². The molecule has 1 aliphatic carbocycles. The van der Waals surface area contributed by atoms with Gasteiger partial charge in [-0.3, -0.25) is 0 Å². The fourth-order valence-corrected chi connectivity index (χ4v) is 5.79. The Hall–Kier alpha value is -2.25. The molecule has 1 saturated carbocycles. The molecule has 1 aromatic carbocycles. The van der Waals surface area contributed by atoms with Crippen LogP contribution >= 0.6 is 11.3 Å². The molecule has 172 valence electrons. The first-order chi connectivity index (χ1) is 15.5. The van der Waals surface area contributed by atoms with E-state index in [1.54, 1.807) is 11.3 Å². The van der Waals surface area contributed by atoms with Gasteiger partial charge in [-0.15, -0.1) is 11.3 Å². The van der Waals surface area contributed by atoms with Crippen molar-refractivity contribution in [2.75, 3.05) is 23.8 Å². The second-order valence-corrected chi connectivity index (χ2v) is 10.2. The molecule has 0 bridgehead atoms. The highest BCUT2D eigenvalue weighted by molar-refractivity contribution is 7.21. The summed E-state index contributed by atoms with van der Waals surface area (Å²) in [5.74, 6) is 2.76. The van der Waals surface area contributed by atoms with Crippen LogP contribution in [0.5, 0.6) is 0 Å². The van der Waals surface area contributed by atoms with E-state index in [2.05, 4.69) is 43.5 Å². The van der Waals surface area contributed by atoms with Gasteiger partial charge in [-0.25, -0.2) is 9.97 Å². The number of benzene rings is 1. The van der Waals surface area contributed by atoms with E-state index in [1.807, 2.05) is 19.1 Å². The van der Waals surface area contributed by atoms with Gasteiger partial charge in [0, 0.05) is 19.2 Å². The first-order valence-corrected chi connectivity index (χ1v) is 12.7. The van der Waals surface area contributed by atoms with E-state index >= 15 is 0 Å². The maximum atomic E-state index is 9.81. The number of rotatable bonds is 9. The number of hydrogen-bond donors (Lipinski definition) is 3. The molecule has 7 heteroatoms. The number of aryl methyl sites for hydroxylation is 1. The quantitative estimate of drug-likeness (QED) is 0.359. The fraction of sp³-hybridized carbons (Fsp3) is 0.560. The third kappa shape index (κ3) is 4.74. The van der Waals surface area contributed by atoms with Gasteiger partial charge in [-0.1, -0.05) is 45.7 Å². The van der Waals surface area contributed by atoms with Gasteiger partial charge in [0.15, 0.2) is 0 Å². The number of hydrogen-bond acceptors (Lipinski definition) is 7. The van der Waals surface area contributed by atoms with Gasteiger partial charge in [0.1, 0.15) is 10.8 Å². The van der Waals surface area contributed by atoms with Crippen LogP contribution < -0.4 is 10.6 Å². The average Bonchev–Trinajstić information content (AvgIpc) is 3.32. The lowest BCUT2D eigenvalue weighted by atomic mass is 9.92. The number of aliphatic hydroxyl groups excluding tert-OH is 1. The minimum absolute atomic E-state index is 0.238. The number of aromatic nitrogens is 3. The van der Waals surface area contributed by atoms with Crippen molar-refractivity contribution in [2.24, 2.45) is 17.8 Å². The molecule has 1 aliphatic rings. The predicted octanol–water partition coefficient (Wildman–Crippen LogP) is 5.73. The van der Waals surface area contributed by atoms with E-state index in [-0.39, 0.29) is 12.6 Å². The first kappa shape index (κ1) is 22.9. The van der Waals surface area contributed by atoms with Crippen molar-refractivity contribution in [1.82, 2.24) is 15.0 Å². The molecule has 0 unspecified atom stereocenters. The molecular formula is C25H35N5OS. The molecule has 0 aliphatic heterocycles. The van der Waals surface area contributed by atoms with Crippen LogP contribution in [0.15, 0.2) is 24.3 Å². The standard InChI is InChI=1S/C25H35N5OS/c1-5-6-9-12-26-25-27-17(4)22(24-29-19-10-7-8-11-21(19)32-24)23(30-25)28-20-13-18(14-31)15(2)16(20)3/h7-8,10-11,15-16,18,20,31H,5-6,9,12-14H2,1-4H3,(H2,26,27,28,30)/t15-,16+,18+,20+/m0/s1.